The van der Waals surface area contributed by atoms with E-state index in [-0.39, 0.29) is 17.9 Å². The molecule has 0 radical (unpaired) electrons. The van der Waals surface area contributed by atoms with Crippen LogP contribution in [0.5, 0.6) is 0 Å². The van der Waals surface area contributed by atoms with Crippen molar-refractivity contribution in [3.05, 3.63) is 71.0 Å². The summed E-state index contributed by atoms with van der Waals surface area (Å²) in [5, 5.41) is 3.54. The van der Waals surface area contributed by atoms with Crippen LogP contribution in [0.2, 0.25) is 0 Å². The predicted molar refractivity (Wildman–Crippen MR) is 77.5 cm³/mol. The fourth-order valence-corrected chi connectivity index (χ4v) is 2.26. The summed E-state index contributed by atoms with van der Waals surface area (Å²) in [7, 11) is 0. The van der Waals surface area contributed by atoms with Crippen molar-refractivity contribution in [2.75, 3.05) is 0 Å². The van der Waals surface area contributed by atoms with Crippen LogP contribution in [0.1, 0.15) is 42.6 Å². The smallest absolute Gasteiger partial charge is 0.123 e. The van der Waals surface area contributed by atoms with E-state index in [9.17, 15) is 4.39 Å². The molecule has 0 spiro atoms. The number of aryl methyl sites for hydroxylation is 1. The van der Waals surface area contributed by atoms with Gasteiger partial charge in [-0.05, 0) is 44.0 Å². The average molecular weight is 257 g/mol. The minimum atomic E-state index is -0.192. The summed E-state index contributed by atoms with van der Waals surface area (Å²) in [5.41, 5.74) is 3.63. The van der Waals surface area contributed by atoms with Crippen LogP contribution < -0.4 is 5.32 Å². The van der Waals surface area contributed by atoms with Gasteiger partial charge < -0.3 is 5.32 Å². The highest BCUT2D eigenvalue weighted by molar-refractivity contribution is 5.25. The molecule has 0 aliphatic rings. The lowest BCUT2D eigenvalue weighted by Gasteiger charge is -2.21. The first-order chi connectivity index (χ1) is 9.06. The maximum atomic E-state index is 12.9. The van der Waals surface area contributed by atoms with E-state index in [0.29, 0.717) is 0 Å². The van der Waals surface area contributed by atoms with Crippen molar-refractivity contribution >= 4 is 0 Å². The second-order valence-electron chi connectivity index (χ2n) is 5.08. The van der Waals surface area contributed by atoms with Gasteiger partial charge in [-0.3, -0.25) is 0 Å². The van der Waals surface area contributed by atoms with Crippen molar-refractivity contribution in [2.24, 2.45) is 0 Å². The van der Waals surface area contributed by atoms with Gasteiger partial charge in [0.1, 0.15) is 5.82 Å². The van der Waals surface area contributed by atoms with Crippen LogP contribution in [0.15, 0.2) is 48.5 Å². The molecule has 0 heterocycles. The molecule has 0 saturated heterocycles. The quantitative estimate of drug-likeness (QED) is 0.847. The summed E-state index contributed by atoms with van der Waals surface area (Å²) >= 11 is 0. The standard InChI is InChI=1S/C17H20FN/c1-12-5-4-6-16(11-12)14(3)19-13(2)15-7-9-17(18)10-8-15/h4-11,13-14,19H,1-3H3/t13?,14-/m1/s1. The van der Waals surface area contributed by atoms with E-state index in [4.69, 9.17) is 0 Å². The van der Waals surface area contributed by atoms with Crippen molar-refractivity contribution < 1.29 is 4.39 Å². The average Bonchev–Trinajstić information content (AvgIpc) is 2.39. The third-order valence-corrected chi connectivity index (χ3v) is 3.41. The van der Waals surface area contributed by atoms with Crippen LogP contribution in [0, 0.1) is 12.7 Å². The summed E-state index contributed by atoms with van der Waals surface area (Å²) in [6.07, 6.45) is 0. The Morgan fingerprint density at radius 1 is 0.895 bits per heavy atom. The SMILES string of the molecule is Cc1cccc([C@@H](C)NC(C)c2ccc(F)cc2)c1. The zero-order valence-electron chi connectivity index (χ0n) is 11.7. The van der Waals surface area contributed by atoms with Crippen LogP contribution in [-0.4, -0.2) is 0 Å². The van der Waals surface area contributed by atoms with E-state index in [1.54, 1.807) is 0 Å². The summed E-state index contributed by atoms with van der Waals surface area (Å²) < 4.78 is 12.9. The number of rotatable bonds is 4. The number of hydrogen-bond donors (Lipinski definition) is 1. The third kappa shape index (κ3) is 3.65. The molecule has 0 fully saturated rings. The molecular formula is C17H20FN. The van der Waals surface area contributed by atoms with E-state index in [1.807, 2.05) is 12.1 Å². The Kier molecular flexibility index (Phi) is 4.33. The lowest BCUT2D eigenvalue weighted by Crippen LogP contribution is -2.22. The van der Waals surface area contributed by atoms with Gasteiger partial charge in [-0.2, -0.15) is 0 Å². The summed E-state index contributed by atoms with van der Waals surface area (Å²) in [6, 6.07) is 15.6. The monoisotopic (exact) mass is 257 g/mol. The first-order valence-electron chi connectivity index (χ1n) is 6.64. The zero-order valence-corrected chi connectivity index (χ0v) is 11.7. The van der Waals surface area contributed by atoms with E-state index in [0.717, 1.165) is 5.56 Å². The van der Waals surface area contributed by atoms with E-state index in [1.165, 1.54) is 23.3 Å². The van der Waals surface area contributed by atoms with Crippen LogP contribution in [0.4, 0.5) is 4.39 Å². The fraction of sp³-hybridized carbons (Fsp3) is 0.294. The summed E-state index contributed by atoms with van der Waals surface area (Å²) in [5.74, 6) is -0.192. The summed E-state index contributed by atoms with van der Waals surface area (Å²) in [6.45, 7) is 6.34. The van der Waals surface area contributed by atoms with Gasteiger partial charge >= 0.3 is 0 Å². The van der Waals surface area contributed by atoms with Crippen LogP contribution in [-0.2, 0) is 0 Å². The van der Waals surface area contributed by atoms with Crippen LogP contribution in [0.3, 0.4) is 0 Å². The molecule has 0 aliphatic carbocycles. The van der Waals surface area contributed by atoms with Gasteiger partial charge in [0.05, 0.1) is 0 Å². The van der Waals surface area contributed by atoms with Crippen molar-refractivity contribution in [1.29, 1.82) is 0 Å². The maximum Gasteiger partial charge on any atom is 0.123 e. The third-order valence-electron chi connectivity index (χ3n) is 3.41. The van der Waals surface area contributed by atoms with Gasteiger partial charge in [-0.25, -0.2) is 4.39 Å². The van der Waals surface area contributed by atoms with Crippen molar-refractivity contribution in [3.63, 3.8) is 0 Å². The van der Waals surface area contributed by atoms with Gasteiger partial charge in [0, 0.05) is 12.1 Å². The molecule has 2 aromatic rings. The number of benzene rings is 2. The van der Waals surface area contributed by atoms with Gasteiger partial charge in [0.2, 0.25) is 0 Å². The highest BCUT2D eigenvalue weighted by atomic mass is 19.1. The summed E-state index contributed by atoms with van der Waals surface area (Å²) in [4.78, 5) is 0. The largest absolute Gasteiger partial charge is 0.304 e. The maximum absolute atomic E-state index is 12.9. The molecular weight excluding hydrogens is 237 g/mol. The highest BCUT2D eigenvalue weighted by Crippen LogP contribution is 2.20. The molecule has 0 aliphatic heterocycles. The van der Waals surface area contributed by atoms with Crippen molar-refractivity contribution in [3.8, 4) is 0 Å². The molecule has 1 nitrogen and oxygen atoms in total. The Balaban J connectivity index is 2.06. The minimum absolute atomic E-state index is 0.191. The Bertz CT molecular complexity index is 533. The molecule has 19 heavy (non-hydrogen) atoms. The van der Waals surface area contributed by atoms with Crippen LogP contribution in [0.25, 0.3) is 0 Å². The molecule has 0 aromatic heterocycles. The molecule has 2 aromatic carbocycles. The lowest BCUT2D eigenvalue weighted by molar-refractivity contribution is 0.493. The Morgan fingerprint density at radius 2 is 1.53 bits per heavy atom. The first-order valence-corrected chi connectivity index (χ1v) is 6.64. The highest BCUT2D eigenvalue weighted by Gasteiger charge is 2.11. The molecule has 1 N–H and O–H groups in total. The number of halogens is 1. The first kappa shape index (κ1) is 13.8. The lowest BCUT2D eigenvalue weighted by atomic mass is 10.0. The molecule has 0 bridgehead atoms. The number of nitrogens with one attached hydrogen (secondary N) is 1. The second kappa shape index (κ2) is 5.98. The number of hydrogen-bond acceptors (Lipinski definition) is 1. The fourth-order valence-electron chi connectivity index (χ4n) is 2.26. The predicted octanol–water partition coefficient (Wildman–Crippen LogP) is 4.55. The molecule has 100 valence electrons. The van der Waals surface area contributed by atoms with Crippen LogP contribution >= 0.6 is 0 Å². The molecule has 0 amide bonds. The van der Waals surface area contributed by atoms with Gasteiger partial charge in [0.15, 0.2) is 0 Å². The Hall–Kier alpha value is -1.67. The van der Waals surface area contributed by atoms with Gasteiger partial charge in [-0.15, -0.1) is 0 Å². The zero-order chi connectivity index (χ0) is 13.8. The normalized spacial score (nSPS) is 14.1. The Labute approximate surface area is 114 Å². The van der Waals surface area contributed by atoms with Crippen molar-refractivity contribution in [2.45, 2.75) is 32.9 Å². The van der Waals surface area contributed by atoms with Crippen molar-refractivity contribution in [1.82, 2.24) is 5.32 Å². The topological polar surface area (TPSA) is 12.0 Å². The second-order valence-corrected chi connectivity index (χ2v) is 5.08. The van der Waals surface area contributed by atoms with Gasteiger partial charge in [-0.1, -0.05) is 42.0 Å². The molecule has 1 unspecified atom stereocenters. The minimum Gasteiger partial charge on any atom is -0.304 e. The van der Waals surface area contributed by atoms with Gasteiger partial charge in [0.25, 0.3) is 0 Å². The van der Waals surface area contributed by atoms with E-state index < -0.39 is 0 Å². The molecule has 2 rings (SSSR count). The molecule has 0 saturated carbocycles. The van der Waals surface area contributed by atoms with E-state index >= 15 is 0 Å². The molecule has 2 atom stereocenters. The van der Waals surface area contributed by atoms with E-state index in [2.05, 4.69) is 50.4 Å². The Morgan fingerprint density at radius 3 is 2.16 bits per heavy atom. The molecule has 2 heteroatoms.